The number of esters is 1. The highest BCUT2D eigenvalue weighted by atomic mass is 19.4. The Morgan fingerprint density at radius 1 is 1.08 bits per heavy atom. The normalized spacial score (nSPS) is 11.5. The number of methoxy groups -OCH3 is 1. The standard InChI is InChI=1S/C18H13F3O4/c1-25-17(24)13-4-2-3-11(9-13)5-7-15(22)12-6-8-16(23)14(10-12)18(19,20)21/h2-10,23H,1H3/b7-5+. The minimum absolute atomic E-state index is 0.217. The number of aromatic hydroxyl groups is 1. The minimum Gasteiger partial charge on any atom is -0.507 e. The second-order valence-corrected chi connectivity index (χ2v) is 5.04. The van der Waals surface area contributed by atoms with E-state index in [0.717, 1.165) is 18.2 Å². The number of carbonyl (C=O) groups excluding carboxylic acids is 2. The van der Waals surface area contributed by atoms with Gasteiger partial charge in [0, 0.05) is 5.56 Å². The summed E-state index contributed by atoms with van der Waals surface area (Å²) in [4.78, 5) is 23.5. The van der Waals surface area contributed by atoms with Crippen LogP contribution in [0.25, 0.3) is 6.08 Å². The van der Waals surface area contributed by atoms with Gasteiger partial charge in [-0.15, -0.1) is 0 Å². The summed E-state index contributed by atoms with van der Waals surface area (Å²) < 4.78 is 42.9. The van der Waals surface area contributed by atoms with Crippen LogP contribution in [0.3, 0.4) is 0 Å². The van der Waals surface area contributed by atoms with Crippen LogP contribution in [-0.2, 0) is 10.9 Å². The van der Waals surface area contributed by atoms with Gasteiger partial charge in [0.15, 0.2) is 5.78 Å². The highest BCUT2D eigenvalue weighted by molar-refractivity contribution is 6.07. The number of phenols is 1. The first kappa shape index (κ1) is 18.3. The highest BCUT2D eigenvalue weighted by Gasteiger charge is 2.34. The summed E-state index contributed by atoms with van der Waals surface area (Å²) in [5.41, 5.74) is -0.711. The van der Waals surface area contributed by atoms with E-state index in [0.29, 0.717) is 11.6 Å². The zero-order chi connectivity index (χ0) is 18.6. The van der Waals surface area contributed by atoms with E-state index in [2.05, 4.69) is 4.74 Å². The fourth-order valence-electron chi connectivity index (χ4n) is 2.07. The van der Waals surface area contributed by atoms with Gasteiger partial charge in [-0.1, -0.05) is 18.2 Å². The summed E-state index contributed by atoms with van der Waals surface area (Å²) in [5, 5.41) is 9.27. The van der Waals surface area contributed by atoms with Crippen LogP contribution in [0.4, 0.5) is 13.2 Å². The lowest BCUT2D eigenvalue weighted by Gasteiger charge is -2.09. The van der Waals surface area contributed by atoms with Gasteiger partial charge >= 0.3 is 12.1 Å². The van der Waals surface area contributed by atoms with Crippen LogP contribution in [0.15, 0.2) is 48.5 Å². The number of ether oxygens (including phenoxy) is 1. The van der Waals surface area contributed by atoms with Crippen molar-refractivity contribution in [3.8, 4) is 5.75 Å². The van der Waals surface area contributed by atoms with Crippen molar-refractivity contribution in [3.63, 3.8) is 0 Å². The van der Waals surface area contributed by atoms with Crippen LogP contribution >= 0.6 is 0 Å². The molecule has 0 heterocycles. The maximum Gasteiger partial charge on any atom is 0.419 e. The van der Waals surface area contributed by atoms with E-state index in [9.17, 15) is 27.9 Å². The fourth-order valence-corrected chi connectivity index (χ4v) is 2.07. The number of hydrogen-bond donors (Lipinski definition) is 1. The molecule has 0 atom stereocenters. The van der Waals surface area contributed by atoms with Gasteiger partial charge in [-0.05, 0) is 42.0 Å². The number of rotatable bonds is 4. The van der Waals surface area contributed by atoms with Gasteiger partial charge in [0.05, 0.1) is 18.2 Å². The lowest BCUT2D eigenvalue weighted by atomic mass is 10.0. The molecule has 0 unspecified atom stereocenters. The number of alkyl halides is 3. The molecule has 0 fully saturated rings. The monoisotopic (exact) mass is 350 g/mol. The Balaban J connectivity index is 2.25. The molecule has 2 aromatic rings. The Labute approximate surface area is 141 Å². The first-order chi connectivity index (χ1) is 11.7. The van der Waals surface area contributed by atoms with Crippen LogP contribution in [0, 0.1) is 0 Å². The highest BCUT2D eigenvalue weighted by Crippen LogP contribution is 2.36. The molecule has 130 valence electrons. The van der Waals surface area contributed by atoms with Crippen molar-refractivity contribution >= 4 is 17.8 Å². The smallest absolute Gasteiger partial charge is 0.419 e. The van der Waals surface area contributed by atoms with Gasteiger partial charge in [-0.2, -0.15) is 13.2 Å². The van der Waals surface area contributed by atoms with Crippen LogP contribution in [0.2, 0.25) is 0 Å². The zero-order valence-corrected chi connectivity index (χ0v) is 13.0. The van der Waals surface area contributed by atoms with Crippen LogP contribution in [0.1, 0.15) is 31.8 Å². The predicted octanol–water partition coefficient (Wildman–Crippen LogP) is 4.09. The molecule has 0 amide bonds. The lowest BCUT2D eigenvalue weighted by Crippen LogP contribution is -2.07. The molecule has 2 rings (SSSR count). The van der Waals surface area contributed by atoms with Gasteiger partial charge in [-0.3, -0.25) is 4.79 Å². The third-order valence-corrected chi connectivity index (χ3v) is 3.32. The number of phenolic OH excluding ortho intramolecular Hbond substituents is 1. The lowest BCUT2D eigenvalue weighted by molar-refractivity contribution is -0.138. The molecule has 0 spiro atoms. The van der Waals surface area contributed by atoms with Gasteiger partial charge in [0.25, 0.3) is 0 Å². The molecule has 0 aliphatic rings. The largest absolute Gasteiger partial charge is 0.507 e. The molecule has 0 saturated heterocycles. The number of allylic oxidation sites excluding steroid dienone is 1. The van der Waals surface area contributed by atoms with Crippen LogP contribution in [0.5, 0.6) is 5.75 Å². The third kappa shape index (κ3) is 4.47. The number of halogens is 3. The van der Waals surface area contributed by atoms with Gasteiger partial charge < -0.3 is 9.84 Å². The molecule has 2 aromatic carbocycles. The van der Waals surface area contributed by atoms with Crippen molar-refractivity contribution in [2.24, 2.45) is 0 Å². The maximum absolute atomic E-state index is 12.8. The first-order valence-corrected chi connectivity index (χ1v) is 7.03. The van der Waals surface area contributed by atoms with E-state index < -0.39 is 29.2 Å². The molecule has 0 bridgehead atoms. The zero-order valence-electron chi connectivity index (χ0n) is 13.0. The summed E-state index contributed by atoms with van der Waals surface area (Å²) in [6, 6.07) is 8.72. The summed E-state index contributed by atoms with van der Waals surface area (Å²) in [7, 11) is 1.23. The minimum atomic E-state index is -4.76. The predicted molar refractivity (Wildman–Crippen MR) is 84.3 cm³/mol. The Bertz CT molecular complexity index is 838. The van der Waals surface area contributed by atoms with E-state index in [1.165, 1.54) is 25.3 Å². The molecule has 7 heteroatoms. The molecule has 25 heavy (non-hydrogen) atoms. The van der Waals surface area contributed by atoms with Crippen molar-refractivity contribution in [2.75, 3.05) is 7.11 Å². The fraction of sp³-hybridized carbons (Fsp3) is 0.111. The molecular formula is C18H13F3O4. The Hall–Kier alpha value is -3.09. The van der Waals surface area contributed by atoms with Crippen molar-refractivity contribution in [2.45, 2.75) is 6.18 Å². The summed E-state index contributed by atoms with van der Waals surface area (Å²) in [6.07, 6.45) is -2.31. The average molecular weight is 350 g/mol. The number of benzene rings is 2. The van der Waals surface area contributed by atoms with E-state index >= 15 is 0 Å². The molecule has 0 aliphatic heterocycles. The molecule has 4 nitrogen and oxygen atoms in total. The average Bonchev–Trinajstić information content (AvgIpc) is 2.58. The van der Waals surface area contributed by atoms with E-state index in [-0.39, 0.29) is 11.1 Å². The molecule has 0 saturated carbocycles. The van der Waals surface area contributed by atoms with Crippen LogP contribution in [-0.4, -0.2) is 24.0 Å². The van der Waals surface area contributed by atoms with Crippen molar-refractivity contribution in [3.05, 3.63) is 70.8 Å². The summed E-state index contributed by atoms with van der Waals surface area (Å²) in [6.45, 7) is 0. The molecule has 1 N–H and O–H groups in total. The van der Waals surface area contributed by atoms with Crippen molar-refractivity contribution in [1.29, 1.82) is 0 Å². The van der Waals surface area contributed by atoms with Crippen molar-refractivity contribution in [1.82, 2.24) is 0 Å². The third-order valence-electron chi connectivity index (χ3n) is 3.32. The topological polar surface area (TPSA) is 63.6 Å². The van der Waals surface area contributed by atoms with Gasteiger partial charge in [0.1, 0.15) is 5.75 Å². The Morgan fingerprint density at radius 2 is 1.80 bits per heavy atom. The molecular weight excluding hydrogens is 337 g/mol. The first-order valence-electron chi connectivity index (χ1n) is 7.03. The number of hydrogen-bond acceptors (Lipinski definition) is 4. The van der Waals surface area contributed by atoms with Crippen LogP contribution < -0.4 is 0 Å². The van der Waals surface area contributed by atoms with E-state index in [1.807, 2.05) is 0 Å². The SMILES string of the molecule is COC(=O)c1cccc(/C=C/C(=O)c2ccc(O)c(C(F)(F)F)c2)c1. The second-order valence-electron chi connectivity index (χ2n) is 5.04. The van der Waals surface area contributed by atoms with E-state index in [1.54, 1.807) is 12.1 Å². The molecule has 0 radical (unpaired) electrons. The number of carbonyl (C=O) groups is 2. The van der Waals surface area contributed by atoms with E-state index in [4.69, 9.17) is 0 Å². The summed E-state index contributed by atoms with van der Waals surface area (Å²) in [5.74, 6) is -2.16. The van der Waals surface area contributed by atoms with Gasteiger partial charge in [-0.25, -0.2) is 4.79 Å². The molecule has 0 aromatic heterocycles. The molecule has 0 aliphatic carbocycles. The second kappa shape index (κ2) is 7.21. The number of ketones is 1. The van der Waals surface area contributed by atoms with Crippen molar-refractivity contribution < 1.29 is 32.6 Å². The Morgan fingerprint density at radius 3 is 2.44 bits per heavy atom. The summed E-state index contributed by atoms with van der Waals surface area (Å²) >= 11 is 0. The maximum atomic E-state index is 12.8. The van der Waals surface area contributed by atoms with Gasteiger partial charge in [0.2, 0.25) is 0 Å². The Kier molecular flexibility index (Phi) is 5.26. The quantitative estimate of drug-likeness (QED) is 0.512.